The Labute approximate surface area is 416 Å². The van der Waals surface area contributed by atoms with Crippen molar-refractivity contribution in [3.05, 3.63) is 206 Å². The summed E-state index contributed by atoms with van der Waals surface area (Å²) in [4.78, 5) is 1.58. The van der Waals surface area contributed by atoms with Gasteiger partial charge in [0.1, 0.15) is 0 Å². The monoisotopic (exact) mass is 1120 g/mol. The zero-order valence-electron chi connectivity index (χ0n) is 35.3. The number of benzene rings is 8. The van der Waals surface area contributed by atoms with Crippen LogP contribution in [0, 0.1) is 19.2 Å². The summed E-state index contributed by atoms with van der Waals surface area (Å²) in [5.41, 5.74) is 1.39. The third-order valence-corrected chi connectivity index (χ3v) is 12.7. The van der Waals surface area contributed by atoms with Crippen molar-refractivity contribution >= 4 is 121 Å². The first-order chi connectivity index (χ1) is 32.5. The largest absolute Gasteiger partial charge is 3.00 e. The molecule has 0 N–H and O–H groups in total. The van der Waals surface area contributed by atoms with E-state index in [0.717, 1.165) is 69.5 Å². The van der Waals surface area contributed by atoms with Crippen LogP contribution in [0.2, 0.25) is 0 Å². The molecule has 0 aliphatic carbocycles. The average molecular weight is 1120 g/mol. The van der Waals surface area contributed by atoms with Gasteiger partial charge in [-0.3, -0.25) is 13.2 Å². The number of thiol groups is 2. The van der Waals surface area contributed by atoms with Crippen LogP contribution >= 0.6 is 36.6 Å². The van der Waals surface area contributed by atoms with Crippen molar-refractivity contribution in [1.29, 1.82) is 0 Å². The summed E-state index contributed by atoms with van der Waals surface area (Å²) in [5.74, 6) is 0. The first kappa shape index (κ1) is 46.3. The molecule has 0 fully saturated rings. The molecular weight excluding hydrogens is 1090 g/mol. The van der Waals surface area contributed by atoms with E-state index in [2.05, 4.69) is 110 Å². The molecule has 0 saturated heterocycles. The smallest absolute Gasteiger partial charge is 0.277 e. The number of halogens is 3. The third kappa shape index (κ3) is 9.23. The van der Waals surface area contributed by atoms with Crippen LogP contribution in [0.3, 0.4) is 0 Å². The molecule has 0 aliphatic heterocycles. The van der Waals surface area contributed by atoms with Crippen LogP contribution in [0.5, 0.6) is 0 Å². The van der Waals surface area contributed by atoms with Crippen molar-refractivity contribution in [2.24, 2.45) is 0 Å². The Morgan fingerprint density at radius 1 is 0.485 bits per heavy atom. The first-order valence-electron chi connectivity index (χ1n) is 20.7. The maximum atomic E-state index is 13.8. The van der Waals surface area contributed by atoms with Crippen molar-refractivity contribution < 1.29 is 33.3 Å². The van der Waals surface area contributed by atoms with E-state index in [0.29, 0.717) is 32.3 Å². The molecule has 0 atom stereocenters. The Hall–Kier alpha value is -6.86. The van der Waals surface area contributed by atoms with Gasteiger partial charge in [0.25, 0.3) is 0 Å². The molecule has 0 aliphatic rings. The summed E-state index contributed by atoms with van der Waals surface area (Å²) in [6, 6.07) is 53.1. The maximum absolute atomic E-state index is 13.8. The molecule has 4 heterocycles. The van der Waals surface area contributed by atoms with Crippen LogP contribution in [0.25, 0.3) is 106 Å². The van der Waals surface area contributed by atoms with E-state index in [1.54, 1.807) is 29.8 Å². The first-order valence-corrected chi connectivity index (χ1v) is 22.4. The second kappa shape index (κ2) is 19.4. The number of aromatic nitrogens is 6. The van der Waals surface area contributed by atoms with Gasteiger partial charge < -0.3 is 0 Å². The number of alkyl halides is 3. The molecule has 12 rings (SSSR count). The zero-order chi connectivity index (χ0) is 46.2. The van der Waals surface area contributed by atoms with E-state index in [9.17, 15) is 13.2 Å². The molecule has 68 heavy (non-hydrogen) atoms. The number of thiophene rings is 1. The Morgan fingerprint density at radius 3 is 1.38 bits per heavy atom. The standard InChI is InChI=1S/C27H14F3N2S.2C14H9N2S.Ir/c28-27(29,30)22-11-5-4-10-19(22)25-20-13-16-7-1-2-8-17(16)14-21(20)26(32-31-25)24-15-18-9-3-6-12-23(18)33-24;2*1-9(17)14-13-7-11-5-3-2-4-10(11)6-12(13)8-15-16-14;/h1-14H;2*1-8,17H;/q3*-1;+3. The molecule has 0 unspecified atom stereocenters. The molecule has 12 aromatic rings. The molecule has 0 amide bonds. The van der Waals surface area contributed by atoms with Crippen LogP contribution in [-0.4, -0.2) is 30.6 Å². The average Bonchev–Trinajstić information content (AvgIpc) is 3.78. The third-order valence-electron chi connectivity index (χ3n) is 11.2. The van der Waals surface area contributed by atoms with Gasteiger partial charge in [-0.2, -0.15) is 58.8 Å². The molecule has 0 saturated carbocycles. The second-order valence-corrected chi connectivity index (χ2v) is 17.5. The molecular formula is C55H32F3IrN6S3. The van der Waals surface area contributed by atoms with Crippen molar-refractivity contribution in [1.82, 2.24) is 30.6 Å². The minimum Gasteiger partial charge on any atom is -0.277 e. The fourth-order valence-electron chi connectivity index (χ4n) is 8.09. The molecule has 0 radical (unpaired) electrons. The van der Waals surface area contributed by atoms with Crippen LogP contribution in [0.1, 0.15) is 17.0 Å². The summed E-state index contributed by atoms with van der Waals surface area (Å²) in [7, 11) is 0. The van der Waals surface area contributed by atoms with Crippen molar-refractivity contribution in [3.63, 3.8) is 0 Å². The van der Waals surface area contributed by atoms with Crippen LogP contribution in [0.15, 0.2) is 170 Å². The van der Waals surface area contributed by atoms with Gasteiger partial charge in [0.05, 0.1) is 23.7 Å². The molecule has 6 nitrogen and oxygen atoms in total. The van der Waals surface area contributed by atoms with Crippen LogP contribution < -0.4 is 0 Å². The number of fused-ring (bicyclic) bond motifs is 7. The fourth-order valence-corrected chi connectivity index (χ4v) is 9.43. The number of rotatable bonds is 4. The summed E-state index contributed by atoms with van der Waals surface area (Å²) >= 11 is 9.84. The number of hydrogen-bond acceptors (Lipinski definition) is 9. The van der Waals surface area contributed by atoms with Crippen molar-refractivity contribution in [2.75, 3.05) is 0 Å². The van der Waals surface area contributed by atoms with Gasteiger partial charge in [-0.1, -0.05) is 132 Å². The van der Waals surface area contributed by atoms with Gasteiger partial charge in [-0.05, 0) is 93.7 Å². The number of hydrogen-bond donors (Lipinski definition) is 2. The minimum absolute atomic E-state index is 0. The fraction of sp³-hybridized carbons (Fsp3) is 0.0182. The molecule has 0 spiro atoms. The minimum atomic E-state index is -4.50. The zero-order valence-corrected chi connectivity index (χ0v) is 40.3. The molecule has 0 bridgehead atoms. The van der Waals surface area contributed by atoms with Gasteiger partial charge >= 0.3 is 26.3 Å². The van der Waals surface area contributed by atoms with Gasteiger partial charge in [0.15, 0.2) is 0 Å². The predicted molar refractivity (Wildman–Crippen MR) is 275 cm³/mol. The quantitative estimate of drug-likeness (QED) is 0.104. The van der Waals surface area contributed by atoms with E-state index >= 15 is 0 Å². The molecule has 330 valence electrons. The van der Waals surface area contributed by atoms with Gasteiger partial charge in [-0.15, -0.1) is 33.4 Å². The Kier molecular flexibility index (Phi) is 13.2. The van der Waals surface area contributed by atoms with Gasteiger partial charge in [-0.25, -0.2) is 21.5 Å². The number of nitrogens with zero attached hydrogens (tertiary/aromatic N) is 6. The van der Waals surface area contributed by atoms with Crippen molar-refractivity contribution in [2.45, 2.75) is 6.18 Å². The van der Waals surface area contributed by atoms with E-state index in [1.807, 2.05) is 84.9 Å². The topological polar surface area (TPSA) is 77.3 Å². The molecule has 8 aromatic carbocycles. The van der Waals surface area contributed by atoms with Crippen LogP contribution in [-0.2, 0) is 26.3 Å². The second-order valence-electron chi connectivity index (χ2n) is 15.5. The Bertz CT molecular complexity index is 3750. The SMILES string of the molecule is FC(F)(F)c1ccccc1-c1nnc(-c2[c-]c3ccccc3s2)c2cc3ccccc3cc12.[CH-]=C(S)c1nncc2cc3ccccc3cc12.[CH-]=C(S)c1nncc2cc3ccccc3cc12.[Ir+3]. The van der Waals surface area contributed by atoms with E-state index in [-0.39, 0.29) is 31.4 Å². The normalized spacial score (nSPS) is 11.3. The summed E-state index contributed by atoms with van der Waals surface area (Å²) < 4.78 is 42.5. The summed E-state index contributed by atoms with van der Waals surface area (Å²) in [5, 5.41) is 37.6. The van der Waals surface area contributed by atoms with E-state index < -0.39 is 11.7 Å². The maximum Gasteiger partial charge on any atom is 3.00 e. The Balaban J connectivity index is 0.000000139. The van der Waals surface area contributed by atoms with Gasteiger partial charge in [0.2, 0.25) is 0 Å². The van der Waals surface area contributed by atoms with Crippen LogP contribution in [0.4, 0.5) is 13.2 Å². The van der Waals surface area contributed by atoms with Gasteiger partial charge in [0, 0.05) is 16.6 Å². The predicted octanol–water partition coefficient (Wildman–Crippen LogP) is 15.1. The summed E-state index contributed by atoms with van der Waals surface area (Å²) in [6.07, 6.45) is -1.02. The Morgan fingerprint density at radius 2 is 0.897 bits per heavy atom. The van der Waals surface area contributed by atoms with E-state index in [1.165, 1.54) is 22.9 Å². The summed E-state index contributed by atoms with van der Waals surface area (Å²) in [6.45, 7) is 11.4. The van der Waals surface area contributed by atoms with Crippen molar-refractivity contribution in [3.8, 4) is 21.8 Å². The van der Waals surface area contributed by atoms with E-state index in [4.69, 9.17) is 13.2 Å². The molecule has 13 heteroatoms. The molecule has 4 aromatic heterocycles.